The van der Waals surface area contributed by atoms with Crippen LogP contribution in [-0.2, 0) is 0 Å². The molecule has 1 aromatic rings. The Morgan fingerprint density at radius 3 is 2.18 bits per heavy atom. The number of aryl methyl sites for hydroxylation is 2. The summed E-state index contributed by atoms with van der Waals surface area (Å²) in [5.74, 6) is 0.169. The van der Waals surface area contributed by atoms with Crippen LogP contribution in [0.4, 0.5) is 0 Å². The zero-order chi connectivity index (χ0) is 13.0. The van der Waals surface area contributed by atoms with Crippen molar-refractivity contribution >= 4 is 5.78 Å². The Morgan fingerprint density at radius 1 is 1.18 bits per heavy atom. The summed E-state index contributed by atoms with van der Waals surface area (Å²) in [6.45, 7) is 8.07. The molecule has 2 heteroatoms. The SMILES string of the molecule is Cc1cc(C)c(C)c(C(=O)CCCC#N)c1C. The number of nitrogens with zero attached hydrogens (tertiary/aromatic N) is 1. The van der Waals surface area contributed by atoms with E-state index in [1.165, 1.54) is 0 Å². The van der Waals surface area contributed by atoms with Gasteiger partial charge in [-0.05, 0) is 56.4 Å². The molecule has 0 saturated heterocycles. The molecule has 0 radical (unpaired) electrons. The topological polar surface area (TPSA) is 40.9 Å². The second kappa shape index (κ2) is 5.63. The van der Waals surface area contributed by atoms with Crippen LogP contribution >= 0.6 is 0 Å². The molecule has 0 aliphatic carbocycles. The fourth-order valence-corrected chi connectivity index (χ4v) is 2.09. The maximum Gasteiger partial charge on any atom is 0.163 e. The first-order valence-electron chi connectivity index (χ1n) is 5.96. The van der Waals surface area contributed by atoms with E-state index in [4.69, 9.17) is 5.26 Å². The summed E-state index contributed by atoms with van der Waals surface area (Å²) in [6, 6.07) is 4.20. The maximum atomic E-state index is 12.2. The number of unbranched alkanes of at least 4 members (excludes halogenated alkanes) is 1. The number of rotatable bonds is 4. The Labute approximate surface area is 103 Å². The third-order valence-corrected chi connectivity index (χ3v) is 3.34. The highest BCUT2D eigenvalue weighted by Crippen LogP contribution is 2.23. The van der Waals surface area contributed by atoms with Crippen molar-refractivity contribution in [3.63, 3.8) is 0 Å². The van der Waals surface area contributed by atoms with Crippen molar-refractivity contribution in [2.24, 2.45) is 0 Å². The third-order valence-electron chi connectivity index (χ3n) is 3.34. The van der Waals surface area contributed by atoms with Gasteiger partial charge in [0.15, 0.2) is 5.78 Å². The Morgan fingerprint density at radius 2 is 1.71 bits per heavy atom. The Kier molecular flexibility index (Phi) is 4.45. The van der Waals surface area contributed by atoms with Gasteiger partial charge in [-0.3, -0.25) is 4.79 Å². The van der Waals surface area contributed by atoms with Crippen molar-refractivity contribution in [1.82, 2.24) is 0 Å². The molecule has 0 heterocycles. The van der Waals surface area contributed by atoms with Crippen LogP contribution < -0.4 is 0 Å². The molecule has 0 N–H and O–H groups in total. The van der Waals surface area contributed by atoms with Crippen LogP contribution in [0.5, 0.6) is 0 Å². The number of carbonyl (C=O) groups excluding carboxylic acids is 1. The van der Waals surface area contributed by atoms with Crippen LogP contribution in [-0.4, -0.2) is 5.78 Å². The lowest BCUT2D eigenvalue weighted by Crippen LogP contribution is -2.07. The largest absolute Gasteiger partial charge is 0.294 e. The summed E-state index contributed by atoms with van der Waals surface area (Å²) in [5.41, 5.74) is 5.35. The molecule has 0 atom stereocenters. The van der Waals surface area contributed by atoms with E-state index in [2.05, 4.69) is 12.1 Å². The van der Waals surface area contributed by atoms with Gasteiger partial charge in [0.1, 0.15) is 0 Å². The van der Waals surface area contributed by atoms with Crippen LogP contribution in [0.2, 0.25) is 0 Å². The number of carbonyl (C=O) groups is 1. The van der Waals surface area contributed by atoms with Crippen molar-refractivity contribution in [1.29, 1.82) is 5.26 Å². The second-order valence-electron chi connectivity index (χ2n) is 4.57. The molecular formula is C15H19NO. The van der Waals surface area contributed by atoms with Crippen LogP contribution in [0.25, 0.3) is 0 Å². The van der Waals surface area contributed by atoms with E-state index in [9.17, 15) is 4.79 Å². The normalized spacial score (nSPS) is 10.1. The summed E-state index contributed by atoms with van der Waals surface area (Å²) in [5, 5.41) is 8.49. The lowest BCUT2D eigenvalue weighted by molar-refractivity contribution is 0.0979. The molecule has 0 aliphatic heterocycles. The zero-order valence-corrected chi connectivity index (χ0v) is 11.1. The molecule has 0 fully saturated rings. The highest BCUT2D eigenvalue weighted by atomic mass is 16.1. The number of nitriles is 1. The van der Waals surface area contributed by atoms with Gasteiger partial charge in [0.2, 0.25) is 0 Å². The van der Waals surface area contributed by atoms with Crippen molar-refractivity contribution < 1.29 is 4.79 Å². The molecule has 0 aromatic heterocycles. The summed E-state index contributed by atoms with van der Waals surface area (Å²) < 4.78 is 0. The summed E-state index contributed by atoms with van der Waals surface area (Å²) in [7, 11) is 0. The van der Waals surface area contributed by atoms with Gasteiger partial charge in [-0.15, -0.1) is 0 Å². The number of hydrogen-bond acceptors (Lipinski definition) is 2. The van der Waals surface area contributed by atoms with E-state index < -0.39 is 0 Å². The van der Waals surface area contributed by atoms with Gasteiger partial charge in [-0.1, -0.05) is 6.07 Å². The van der Waals surface area contributed by atoms with Crippen LogP contribution in [0, 0.1) is 39.0 Å². The van der Waals surface area contributed by atoms with Crippen molar-refractivity contribution in [3.8, 4) is 6.07 Å². The Hall–Kier alpha value is -1.62. The molecule has 0 aliphatic rings. The summed E-state index contributed by atoms with van der Waals surface area (Å²) >= 11 is 0. The van der Waals surface area contributed by atoms with E-state index >= 15 is 0 Å². The lowest BCUT2D eigenvalue weighted by Gasteiger charge is -2.14. The lowest BCUT2D eigenvalue weighted by atomic mass is 9.90. The van der Waals surface area contributed by atoms with Gasteiger partial charge in [-0.25, -0.2) is 0 Å². The van der Waals surface area contributed by atoms with E-state index in [1.807, 2.05) is 27.7 Å². The minimum atomic E-state index is 0.169. The first kappa shape index (κ1) is 13.4. The smallest absolute Gasteiger partial charge is 0.163 e. The molecule has 90 valence electrons. The molecule has 0 amide bonds. The minimum absolute atomic E-state index is 0.169. The number of ketones is 1. The molecule has 2 nitrogen and oxygen atoms in total. The first-order valence-corrected chi connectivity index (χ1v) is 5.96. The predicted octanol–water partition coefficient (Wildman–Crippen LogP) is 3.80. The van der Waals surface area contributed by atoms with Crippen LogP contribution in [0.1, 0.15) is 51.9 Å². The summed E-state index contributed by atoms with van der Waals surface area (Å²) in [6.07, 6.45) is 1.58. The predicted molar refractivity (Wildman–Crippen MR) is 69.2 cm³/mol. The number of hydrogen-bond donors (Lipinski definition) is 0. The molecule has 0 saturated carbocycles. The Balaban J connectivity index is 3.05. The van der Waals surface area contributed by atoms with Crippen molar-refractivity contribution in [2.75, 3.05) is 0 Å². The summed E-state index contributed by atoms with van der Waals surface area (Å²) in [4.78, 5) is 12.2. The molecule has 1 rings (SSSR count). The van der Waals surface area contributed by atoms with Gasteiger partial charge >= 0.3 is 0 Å². The standard InChI is InChI=1S/C15H19NO/c1-10-9-11(2)13(4)15(12(10)3)14(17)7-5-6-8-16/h9H,5-7H2,1-4H3. The molecule has 0 unspecified atom stereocenters. The minimum Gasteiger partial charge on any atom is -0.294 e. The van der Waals surface area contributed by atoms with Gasteiger partial charge < -0.3 is 0 Å². The number of benzene rings is 1. The highest BCUT2D eigenvalue weighted by molar-refractivity contribution is 5.99. The molecule has 0 spiro atoms. The van der Waals surface area contributed by atoms with E-state index in [0.717, 1.165) is 27.8 Å². The zero-order valence-electron chi connectivity index (χ0n) is 11.1. The molecule has 1 aromatic carbocycles. The molecular weight excluding hydrogens is 210 g/mol. The van der Waals surface area contributed by atoms with E-state index in [0.29, 0.717) is 19.3 Å². The fourth-order valence-electron chi connectivity index (χ4n) is 2.09. The van der Waals surface area contributed by atoms with Gasteiger partial charge in [0, 0.05) is 18.4 Å². The van der Waals surface area contributed by atoms with E-state index in [-0.39, 0.29) is 5.78 Å². The average molecular weight is 229 g/mol. The molecule has 0 bridgehead atoms. The van der Waals surface area contributed by atoms with Crippen molar-refractivity contribution in [3.05, 3.63) is 33.9 Å². The van der Waals surface area contributed by atoms with E-state index in [1.54, 1.807) is 0 Å². The quantitative estimate of drug-likeness (QED) is 0.582. The van der Waals surface area contributed by atoms with Gasteiger partial charge in [0.25, 0.3) is 0 Å². The maximum absolute atomic E-state index is 12.2. The third kappa shape index (κ3) is 2.94. The van der Waals surface area contributed by atoms with Gasteiger partial charge in [0.05, 0.1) is 6.07 Å². The van der Waals surface area contributed by atoms with Crippen LogP contribution in [0.3, 0.4) is 0 Å². The Bertz CT molecular complexity index is 454. The highest BCUT2D eigenvalue weighted by Gasteiger charge is 2.15. The first-order chi connectivity index (χ1) is 7.99. The fraction of sp³-hybridized carbons (Fsp3) is 0.467. The number of Topliss-reactive ketones (excluding diaryl/α,β-unsaturated/α-hetero) is 1. The monoisotopic (exact) mass is 229 g/mol. The van der Waals surface area contributed by atoms with Crippen LogP contribution in [0.15, 0.2) is 6.07 Å². The second-order valence-corrected chi connectivity index (χ2v) is 4.57. The van der Waals surface area contributed by atoms with Crippen molar-refractivity contribution in [2.45, 2.75) is 47.0 Å². The van der Waals surface area contributed by atoms with Gasteiger partial charge in [-0.2, -0.15) is 5.26 Å². The average Bonchev–Trinajstić information content (AvgIpc) is 2.27. The molecule has 17 heavy (non-hydrogen) atoms.